The topological polar surface area (TPSA) is 80.0 Å². The summed E-state index contributed by atoms with van der Waals surface area (Å²) in [7, 11) is 0. The smallest absolute Gasteiger partial charge is 0.273 e. The van der Waals surface area contributed by atoms with E-state index in [-0.39, 0.29) is 5.91 Å². The maximum Gasteiger partial charge on any atom is 0.273 e. The summed E-state index contributed by atoms with van der Waals surface area (Å²) in [5.41, 5.74) is 1.15. The average molecular weight is 286 g/mol. The minimum atomic E-state index is -0.232. The Morgan fingerprint density at radius 1 is 1.38 bits per heavy atom. The Kier molecular flexibility index (Phi) is 4.25. The van der Waals surface area contributed by atoms with E-state index in [4.69, 9.17) is 4.42 Å². The molecule has 1 saturated heterocycles. The van der Waals surface area contributed by atoms with Gasteiger partial charge in [-0.25, -0.2) is 4.98 Å². The minimum Gasteiger partial charge on any atom is -0.448 e. The number of aromatic nitrogens is 2. The maximum absolute atomic E-state index is 12.0. The zero-order valence-corrected chi connectivity index (χ0v) is 11.7. The highest BCUT2D eigenvalue weighted by molar-refractivity contribution is 5.91. The number of piperidine rings is 1. The lowest BCUT2D eigenvalue weighted by molar-refractivity contribution is 0.0945. The highest BCUT2D eigenvalue weighted by Crippen LogP contribution is 2.24. The number of hydrogen-bond acceptors (Lipinski definition) is 5. The second-order valence-corrected chi connectivity index (χ2v) is 5.10. The van der Waals surface area contributed by atoms with Crippen LogP contribution in [0, 0.1) is 0 Å². The summed E-state index contributed by atoms with van der Waals surface area (Å²) < 4.78 is 5.46. The number of rotatable bonds is 4. The van der Waals surface area contributed by atoms with Gasteiger partial charge in [0.25, 0.3) is 5.91 Å². The number of oxazole rings is 1. The van der Waals surface area contributed by atoms with Gasteiger partial charge in [-0.1, -0.05) is 6.07 Å². The molecule has 6 nitrogen and oxygen atoms in total. The molecule has 2 aromatic rings. The molecule has 0 radical (unpaired) electrons. The molecule has 6 heteroatoms. The summed E-state index contributed by atoms with van der Waals surface area (Å²) in [6.45, 7) is 2.32. The highest BCUT2D eigenvalue weighted by atomic mass is 16.3. The normalized spacial score (nSPS) is 15.8. The standard InChI is InChI=1S/C15H18N4O2/c20-14(18-9-12-3-1-2-6-17-12)13-10-21-15(19-13)11-4-7-16-8-5-11/h1-3,6,10-11,16H,4-5,7-9H2,(H,18,20). The van der Waals surface area contributed by atoms with Gasteiger partial charge in [0.1, 0.15) is 6.26 Å². The van der Waals surface area contributed by atoms with E-state index in [1.54, 1.807) is 6.20 Å². The first-order valence-corrected chi connectivity index (χ1v) is 7.17. The van der Waals surface area contributed by atoms with Gasteiger partial charge < -0.3 is 15.1 Å². The van der Waals surface area contributed by atoms with Crippen molar-refractivity contribution in [2.45, 2.75) is 25.3 Å². The largest absolute Gasteiger partial charge is 0.448 e. The Balaban J connectivity index is 1.59. The summed E-state index contributed by atoms with van der Waals surface area (Å²) in [6, 6.07) is 5.59. The third kappa shape index (κ3) is 3.46. The average Bonchev–Trinajstić information content (AvgIpc) is 3.04. The van der Waals surface area contributed by atoms with Crippen LogP contribution >= 0.6 is 0 Å². The molecule has 0 spiro atoms. The van der Waals surface area contributed by atoms with Crippen LogP contribution in [0.4, 0.5) is 0 Å². The number of amides is 1. The van der Waals surface area contributed by atoms with E-state index in [2.05, 4.69) is 20.6 Å². The second-order valence-electron chi connectivity index (χ2n) is 5.10. The molecular weight excluding hydrogens is 268 g/mol. The third-order valence-corrected chi connectivity index (χ3v) is 3.60. The van der Waals surface area contributed by atoms with Crippen molar-refractivity contribution in [2.24, 2.45) is 0 Å². The fourth-order valence-electron chi connectivity index (χ4n) is 2.41. The van der Waals surface area contributed by atoms with Gasteiger partial charge in [0.15, 0.2) is 11.6 Å². The summed E-state index contributed by atoms with van der Waals surface area (Å²) in [5, 5.41) is 6.09. The van der Waals surface area contributed by atoms with E-state index < -0.39 is 0 Å². The molecule has 110 valence electrons. The number of nitrogens with zero attached hydrogens (tertiary/aromatic N) is 2. The zero-order chi connectivity index (χ0) is 14.5. The molecule has 0 unspecified atom stereocenters. The summed E-state index contributed by atoms with van der Waals surface area (Å²) in [4.78, 5) is 20.5. The van der Waals surface area contributed by atoms with E-state index in [9.17, 15) is 4.79 Å². The van der Waals surface area contributed by atoms with Crippen LogP contribution < -0.4 is 10.6 Å². The first-order chi connectivity index (χ1) is 10.3. The number of pyridine rings is 1. The van der Waals surface area contributed by atoms with Gasteiger partial charge in [0.05, 0.1) is 12.2 Å². The van der Waals surface area contributed by atoms with Gasteiger partial charge in [-0.2, -0.15) is 0 Å². The van der Waals surface area contributed by atoms with Crippen molar-refractivity contribution in [2.75, 3.05) is 13.1 Å². The Morgan fingerprint density at radius 3 is 3.00 bits per heavy atom. The lowest BCUT2D eigenvalue weighted by atomic mass is 9.98. The van der Waals surface area contributed by atoms with Crippen molar-refractivity contribution >= 4 is 5.91 Å². The molecule has 0 saturated carbocycles. The van der Waals surface area contributed by atoms with Crippen molar-refractivity contribution in [3.63, 3.8) is 0 Å². The van der Waals surface area contributed by atoms with Gasteiger partial charge in [-0.15, -0.1) is 0 Å². The fourth-order valence-corrected chi connectivity index (χ4v) is 2.41. The predicted molar refractivity (Wildman–Crippen MR) is 76.8 cm³/mol. The number of carbonyl (C=O) groups is 1. The molecule has 21 heavy (non-hydrogen) atoms. The van der Waals surface area contributed by atoms with Crippen molar-refractivity contribution in [3.8, 4) is 0 Å². The van der Waals surface area contributed by atoms with Crippen molar-refractivity contribution < 1.29 is 9.21 Å². The van der Waals surface area contributed by atoms with Crippen LogP contribution in [0.3, 0.4) is 0 Å². The van der Waals surface area contributed by atoms with E-state index >= 15 is 0 Å². The van der Waals surface area contributed by atoms with E-state index in [1.807, 2.05) is 18.2 Å². The van der Waals surface area contributed by atoms with Crippen molar-refractivity contribution in [3.05, 3.63) is 47.9 Å². The fraction of sp³-hybridized carbons (Fsp3) is 0.400. The van der Waals surface area contributed by atoms with Gasteiger partial charge in [-0.05, 0) is 38.1 Å². The third-order valence-electron chi connectivity index (χ3n) is 3.60. The lowest BCUT2D eigenvalue weighted by Crippen LogP contribution is -2.27. The summed E-state index contributed by atoms with van der Waals surface area (Å²) in [6.07, 6.45) is 5.13. The molecule has 0 aliphatic carbocycles. The number of nitrogens with one attached hydrogen (secondary N) is 2. The van der Waals surface area contributed by atoms with Crippen LogP contribution in [-0.2, 0) is 6.54 Å². The lowest BCUT2D eigenvalue weighted by Gasteiger charge is -2.19. The van der Waals surface area contributed by atoms with Crippen LogP contribution in [0.25, 0.3) is 0 Å². The molecule has 2 aromatic heterocycles. The van der Waals surface area contributed by atoms with Crippen LogP contribution in [0.2, 0.25) is 0 Å². The van der Waals surface area contributed by atoms with Gasteiger partial charge in [-0.3, -0.25) is 9.78 Å². The molecule has 3 heterocycles. The molecule has 1 amide bonds. The highest BCUT2D eigenvalue weighted by Gasteiger charge is 2.21. The zero-order valence-electron chi connectivity index (χ0n) is 11.7. The minimum absolute atomic E-state index is 0.232. The van der Waals surface area contributed by atoms with Gasteiger partial charge in [0, 0.05) is 12.1 Å². The number of hydrogen-bond donors (Lipinski definition) is 2. The quantitative estimate of drug-likeness (QED) is 0.889. The predicted octanol–water partition coefficient (Wildman–Crippen LogP) is 1.47. The van der Waals surface area contributed by atoms with Gasteiger partial charge in [0.2, 0.25) is 0 Å². The Labute approximate surface area is 123 Å². The molecule has 2 N–H and O–H groups in total. The Bertz CT molecular complexity index is 591. The molecule has 1 fully saturated rings. The van der Waals surface area contributed by atoms with Crippen LogP contribution in [0.5, 0.6) is 0 Å². The van der Waals surface area contributed by atoms with Crippen molar-refractivity contribution in [1.82, 2.24) is 20.6 Å². The molecule has 1 aliphatic rings. The number of carbonyl (C=O) groups excluding carboxylic acids is 1. The molecule has 0 bridgehead atoms. The molecule has 1 aliphatic heterocycles. The van der Waals surface area contributed by atoms with Crippen LogP contribution in [-0.4, -0.2) is 29.0 Å². The van der Waals surface area contributed by atoms with E-state index in [0.717, 1.165) is 31.6 Å². The second kappa shape index (κ2) is 6.49. The Hall–Kier alpha value is -2.21. The molecule has 3 rings (SSSR count). The molecular formula is C15H18N4O2. The van der Waals surface area contributed by atoms with Crippen LogP contribution in [0.15, 0.2) is 35.1 Å². The van der Waals surface area contributed by atoms with Crippen molar-refractivity contribution in [1.29, 1.82) is 0 Å². The molecule has 0 atom stereocenters. The summed E-state index contributed by atoms with van der Waals surface area (Å²) in [5.74, 6) is 0.743. The Morgan fingerprint density at radius 2 is 2.24 bits per heavy atom. The van der Waals surface area contributed by atoms with Crippen LogP contribution in [0.1, 0.15) is 40.8 Å². The first kappa shape index (κ1) is 13.8. The first-order valence-electron chi connectivity index (χ1n) is 7.17. The van der Waals surface area contributed by atoms with E-state index in [0.29, 0.717) is 24.0 Å². The van der Waals surface area contributed by atoms with Gasteiger partial charge >= 0.3 is 0 Å². The molecule has 0 aromatic carbocycles. The summed E-state index contributed by atoms with van der Waals surface area (Å²) >= 11 is 0. The maximum atomic E-state index is 12.0. The SMILES string of the molecule is O=C(NCc1ccccn1)c1coc(C2CCNCC2)n1. The van der Waals surface area contributed by atoms with E-state index in [1.165, 1.54) is 6.26 Å². The monoisotopic (exact) mass is 286 g/mol.